The Morgan fingerprint density at radius 3 is 3.18 bits per heavy atom. The van der Waals surface area contributed by atoms with Gasteiger partial charge in [-0.3, -0.25) is 0 Å². The smallest absolute Gasteiger partial charge is 0.108 e. The molecule has 3 heteroatoms. The van der Waals surface area contributed by atoms with Crippen LogP contribution >= 0.6 is 0 Å². The maximum absolute atomic E-state index is 5.55. The van der Waals surface area contributed by atoms with E-state index in [1.165, 1.54) is 50.1 Å². The average Bonchev–Trinajstić information content (AvgIpc) is 2.78. The number of rotatable bonds is 2. The summed E-state index contributed by atoms with van der Waals surface area (Å²) >= 11 is 0. The van der Waals surface area contributed by atoms with Gasteiger partial charge in [0.05, 0.1) is 6.26 Å². The van der Waals surface area contributed by atoms with Crippen LogP contribution in [-0.4, -0.2) is 31.1 Å². The summed E-state index contributed by atoms with van der Waals surface area (Å²) in [6.45, 7) is 2.43. The highest BCUT2D eigenvalue weighted by molar-refractivity contribution is 5.24. The minimum atomic E-state index is 0.522. The molecule has 1 N–H and O–H groups in total. The number of likely N-dealkylation sites (N-methyl/N-ethyl adjacent to an activating group) is 1. The maximum Gasteiger partial charge on any atom is 0.108 e. The Balaban J connectivity index is 1.66. The number of hydrogen-bond acceptors (Lipinski definition) is 3. The van der Waals surface area contributed by atoms with E-state index < -0.39 is 0 Å². The molecule has 1 fully saturated rings. The molecule has 2 heterocycles. The number of nitrogens with one attached hydrogen (secondary N) is 1. The summed E-state index contributed by atoms with van der Waals surface area (Å²) in [5, 5.41) is 3.83. The van der Waals surface area contributed by atoms with Crippen LogP contribution in [0, 0.1) is 0 Å². The number of piperidine rings is 1. The number of furan rings is 1. The molecule has 0 spiro atoms. The van der Waals surface area contributed by atoms with Crippen LogP contribution in [0.25, 0.3) is 0 Å². The lowest BCUT2D eigenvalue weighted by atomic mass is 9.92. The van der Waals surface area contributed by atoms with E-state index in [0.29, 0.717) is 12.1 Å². The molecule has 2 unspecified atom stereocenters. The second-order valence-corrected chi connectivity index (χ2v) is 5.51. The third kappa shape index (κ3) is 2.40. The van der Waals surface area contributed by atoms with Crippen molar-refractivity contribution in [1.82, 2.24) is 10.2 Å². The Kier molecular flexibility index (Phi) is 3.21. The second-order valence-electron chi connectivity index (χ2n) is 5.51. The lowest BCUT2D eigenvalue weighted by molar-refractivity contribution is 0.211. The van der Waals surface area contributed by atoms with Crippen molar-refractivity contribution >= 4 is 0 Å². The molecule has 1 saturated heterocycles. The highest BCUT2D eigenvalue weighted by Crippen LogP contribution is 2.31. The van der Waals surface area contributed by atoms with Crippen LogP contribution in [0.4, 0.5) is 0 Å². The van der Waals surface area contributed by atoms with E-state index >= 15 is 0 Å². The molecule has 1 aromatic heterocycles. The molecule has 2 atom stereocenters. The highest BCUT2D eigenvalue weighted by atomic mass is 16.3. The minimum absolute atomic E-state index is 0.522. The SMILES string of the molecule is CN1CCCC(NC2CCCc3occc32)C1. The summed E-state index contributed by atoms with van der Waals surface area (Å²) in [5.74, 6) is 1.21. The summed E-state index contributed by atoms with van der Waals surface area (Å²) in [5.41, 5.74) is 1.41. The maximum atomic E-state index is 5.55. The predicted molar refractivity (Wildman–Crippen MR) is 68.0 cm³/mol. The number of aryl methyl sites for hydroxylation is 1. The van der Waals surface area contributed by atoms with Gasteiger partial charge < -0.3 is 14.6 Å². The molecule has 1 aliphatic carbocycles. The van der Waals surface area contributed by atoms with Crippen LogP contribution in [-0.2, 0) is 6.42 Å². The van der Waals surface area contributed by atoms with Gasteiger partial charge in [0.25, 0.3) is 0 Å². The molecule has 0 amide bonds. The normalized spacial score (nSPS) is 30.2. The van der Waals surface area contributed by atoms with Gasteiger partial charge in [0.2, 0.25) is 0 Å². The lowest BCUT2D eigenvalue weighted by Gasteiger charge is -2.34. The Morgan fingerprint density at radius 1 is 1.35 bits per heavy atom. The molecule has 2 aliphatic rings. The standard InChI is InChI=1S/C14H22N2O/c1-16-8-3-4-11(10-16)15-13-5-2-6-14-12(13)7-9-17-14/h7,9,11,13,15H,2-6,8,10H2,1H3. The van der Waals surface area contributed by atoms with Gasteiger partial charge in [-0.25, -0.2) is 0 Å². The Labute approximate surface area is 103 Å². The van der Waals surface area contributed by atoms with Gasteiger partial charge in [0, 0.05) is 30.6 Å². The zero-order valence-electron chi connectivity index (χ0n) is 10.6. The summed E-state index contributed by atoms with van der Waals surface area (Å²) in [6.07, 6.45) is 8.10. The van der Waals surface area contributed by atoms with Crippen molar-refractivity contribution in [3.8, 4) is 0 Å². The zero-order valence-corrected chi connectivity index (χ0v) is 10.6. The highest BCUT2D eigenvalue weighted by Gasteiger charge is 2.26. The van der Waals surface area contributed by atoms with Gasteiger partial charge in [-0.15, -0.1) is 0 Å². The molecule has 0 saturated carbocycles. The summed E-state index contributed by atoms with van der Waals surface area (Å²) in [6, 6.07) is 3.33. The van der Waals surface area contributed by atoms with Crippen molar-refractivity contribution < 1.29 is 4.42 Å². The van der Waals surface area contributed by atoms with Crippen molar-refractivity contribution in [3.05, 3.63) is 23.7 Å². The van der Waals surface area contributed by atoms with Crippen molar-refractivity contribution in [3.63, 3.8) is 0 Å². The van der Waals surface area contributed by atoms with Crippen LogP contribution in [0.1, 0.15) is 43.0 Å². The Morgan fingerprint density at radius 2 is 2.29 bits per heavy atom. The van der Waals surface area contributed by atoms with Crippen molar-refractivity contribution in [2.45, 2.75) is 44.2 Å². The van der Waals surface area contributed by atoms with E-state index in [1.807, 2.05) is 6.26 Å². The number of fused-ring (bicyclic) bond motifs is 1. The quantitative estimate of drug-likeness (QED) is 0.851. The number of hydrogen-bond donors (Lipinski definition) is 1. The number of likely N-dealkylation sites (tertiary alicyclic amines) is 1. The molecular formula is C14H22N2O. The first-order chi connectivity index (χ1) is 8.33. The third-order valence-corrected chi connectivity index (χ3v) is 4.11. The van der Waals surface area contributed by atoms with Gasteiger partial charge in [-0.05, 0) is 45.3 Å². The molecule has 3 nitrogen and oxygen atoms in total. The molecule has 94 valence electrons. The Bertz CT molecular complexity index is 374. The molecule has 0 aromatic carbocycles. The second kappa shape index (κ2) is 4.83. The van der Waals surface area contributed by atoms with E-state index in [9.17, 15) is 0 Å². The topological polar surface area (TPSA) is 28.4 Å². The van der Waals surface area contributed by atoms with E-state index in [-0.39, 0.29) is 0 Å². The molecule has 1 aliphatic heterocycles. The largest absolute Gasteiger partial charge is 0.469 e. The van der Waals surface area contributed by atoms with Crippen LogP contribution in [0.3, 0.4) is 0 Å². The summed E-state index contributed by atoms with van der Waals surface area (Å²) < 4.78 is 5.55. The van der Waals surface area contributed by atoms with Crippen LogP contribution in [0.15, 0.2) is 16.7 Å². The van der Waals surface area contributed by atoms with E-state index in [2.05, 4.69) is 23.3 Å². The van der Waals surface area contributed by atoms with Gasteiger partial charge in [-0.1, -0.05) is 0 Å². The first-order valence-corrected chi connectivity index (χ1v) is 6.84. The van der Waals surface area contributed by atoms with Crippen molar-refractivity contribution in [2.24, 2.45) is 0 Å². The monoisotopic (exact) mass is 234 g/mol. The Hall–Kier alpha value is -0.800. The molecule has 1 aromatic rings. The summed E-state index contributed by atoms with van der Waals surface area (Å²) in [7, 11) is 2.22. The van der Waals surface area contributed by atoms with Crippen molar-refractivity contribution in [2.75, 3.05) is 20.1 Å². The minimum Gasteiger partial charge on any atom is -0.469 e. The fourth-order valence-electron chi connectivity index (χ4n) is 3.25. The van der Waals surface area contributed by atoms with E-state index in [0.717, 1.165) is 6.42 Å². The van der Waals surface area contributed by atoms with Crippen LogP contribution < -0.4 is 5.32 Å². The average molecular weight is 234 g/mol. The molecule has 17 heavy (non-hydrogen) atoms. The summed E-state index contributed by atoms with van der Waals surface area (Å²) in [4.78, 5) is 2.43. The van der Waals surface area contributed by atoms with Gasteiger partial charge in [0.15, 0.2) is 0 Å². The first-order valence-electron chi connectivity index (χ1n) is 6.84. The fourth-order valence-corrected chi connectivity index (χ4v) is 3.25. The molecule has 3 rings (SSSR count). The molecule has 0 bridgehead atoms. The third-order valence-electron chi connectivity index (χ3n) is 4.11. The van der Waals surface area contributed by atoms with Gasteiger partial charge in [0.1, 0.15) is 5.76 Å². The molecule has 0 radical (unpaired) electrons. The molecular weight excluding hydrogens is 212 g/mol. The first kappa shape index (κ1) is 11.3. The zero-order chi connectivity index (χ0) is 11.7. The number of nitrogens with zero attached hydrogens (tertiary/aromatic N) is 1. The van der Waals surface area contributed by atoms with Gasteiger partial charge >= 0.3 is 0 Å². The predicted octanol–water partition coefficient (Wildman–Crippen LogP) is 2.34. The van der Waals surface area contributed by atoms with Gasteiger partial charge in [-0.2, -0.15) is 0 Å². The van der Waals surface area contributed by atoms with Crippen LogP contribution in [0.2, 0.25) is 0 Å². The van der Waals surface area contributed by atoms with E-state index in [4.69, 9.17) is 4.42 Å². The fraction of sp³-hybridized carbons (Fsp3) is 0.714. The van der Waals surface area contributed by atoms with E-state index in [1.54, 1.807) is 0 Å². The van der Waals surface area contributed by atoms with Crippen molar-refractivity contribution in [1.29, 1.82) is 0 Å². The lowest BCUT2D eigenvalue weighted by Crippen LogP contribution is -2.45. The van der Waals surface area contributed by atoms with Crippen LogP contribution in [0.5, 0.6) is 0 Å².